The minimum Gasteiger partial charge on any atom is -0.370 e. The largest absolute Gasteiger partial charge is 0.370 e. The quantitative estimate of drug-likeness (QED) is 0.558. The number of nitrogens with two attached hydrogens (primary N) is 1. The van der Waals surface area contributed by atoms with E-state index in [0.717, 1.165) is 19.4 Å². The summed E-state index contributed by atoms with van der Waals surface area (Å²) in [5.74, 6) is 0.565. The standard InChI is InChI=1S/C12H17N3/c1-2-14-12(13)15-11-7-9-5-3-4-6-10(9)8-11/h3-6,11H,2,7-8H2,1H3,(H3,13,14,15). The van der Waals surface area contributed by atoms with Crippen molar-refractivity contribution in [3.05, 3.63) is 35.4 Å². The van der Waals surface area contributed by atoms with Gasteiger partial charge < -0.3 is 11.1 Å². The van der Waals surface area contributed by atoms with Gasteiger partial charge >= 0.3 is 0 Å². The fraction of sp³-hybridized carbons (Fsp3) is 0.417. The summed E-state index contributed by atoms with van der Waals surface area (Å²) >= 11 is 0. The average Bonchev–Trinajstić information content (AvgIpc) is 2.59. The minimum absolute atomic E-state index is 0.415. The second-order valence-electron chi connectivity index (χ2n) is 3.88. The van der Waals surface area contributed by atoms with Crippen molar-refractivity contribution in [3.8, 4) is 0 Å². The van der Waals surface area contributed by atoms with Gasteiger partial charge in [0.05, 0.1) is 0 Å². The maximum absolute atomic E-state index is 5.74. The number of hydrogen-bond acceptors (Lipinski definition) is 1. The highest BCUT2D eigenvalue weighted by molar-refractivity contribution is 5.78. The Morgan fingerprint density at radius 3 is 2.53 bits per heavy atom. The van der Waals surface area contributed by atoms with Crippen LogP contribution in [0.1, 0.15) is 18.1 Å². The van der Waals surface area contributed by atoms with Crippen LogP contribution in [0.15, 0.2) is 29.3 Å². The van der Waals surface area contributed by atoms with E-state index in [-0.39, 0.29) is 0 Å². The lowest BCUT2D eigenvalue weighted by atomic mass is 10.1. The van der Waals surface area contributed by atoms with Gasteiger partial charge in [-0.3, -0.25) is 4.99 Å². The van der Waals surface area contributed by atoms with E-state index in [1.165, 1.54) is 11.1 Å². The van der Waals surface area contributed by atoms with Crippen LogP contribution in [0.4, 0.5) is 0 Å². The molecule has 3 nitrogen and oxygen atoms in total. The molecule has 15 heavy (non-hydrogen) atoms. The summed E-state index contributed by atoms with van der Waals surface area (Å²) in [7, 11) is 0. The number of aliphatic imine (C=N–C) groups is 1. The van der Waals surface area contributed by atoms with Crippen LogP contribution in [0.2, 0.25) is 0 Å². The van der Waals surface area contributed by atoms with Crippen LogP contribution in [0.5, 0.6) is 0 Å². The average molecular weight is 203 g/mol. The third-order valence-electron chi connectivity index (χ3n) is 2.73. The van der Waals surface area contributed by atoms with Crippen molar-refractivity contribution >= 4 is 5.96 Å². The number of guanidine groups is 1. The van der Waals surface area contributed by atoms with Gasteiger partial charge in [0, 0.05) is 12.6 Å². The van der Waals surface area contributed by atoms with Crippen molar-refractivity contribution in [2.24, 2.45) is 10.7 Å². The summed E-state index contributed by atoms with van der Waals surface area (Å²) in [5, 5.41) is 3.25. The number of fused-ring (bicyclic) bond motifs is 1. The smallest absolute Gasteiger partial charge is 0.188 e. The van der Waals surface area contributed by atoms with Crippen LogP contribution in [0, 0.1) is 0 Å². The van der Waals surface area contributed by atoms with Crippen molar-refractivity contribution in [1.29, 1.82) is 0 Å². The van der Waals surface area contributed by atoms with E-state index in [0.29, 0.717) is 12.0 Å². The Hall–Kier alpha value is -1.51. The second-order valence-corrected chi connectivity index (χ2v) is 3.88. The Kier molecular flexibility index (Phi) is 2.90. The number of nitrogens with one attached hydrogen (secondary N) is 1. The van der Waals surface area contributed by atoms with Crippen molar-refractivity contribution in [2.75, 3.05) is 6.54 Å². The minimum atomic E-state index is 0.415. The molecule has 1 aromatic rings. The molecular formula is C12H17N3. The number of rotatable bonds is 2. The Labute approximate surface area is 90.4 Å². The normalized spacial score (nSPS) is 16.5. The van der Waals surface area contributed by atoms with Crippen LogP contribution in [0.25, 0.3) is 0 Å². The van der Waals surface area contributed by atoms with E-state index in [1.807, 2.05) is 6.92 Å². The van der Waals surface area contributed by atoms with Crippen molar-refractivity contribution < 1.29 is 0 Å². The molecule has 3 N–H and O–H groups in total. The summed E-state index contributed by atoms with van der Waals surface area (Å²) in [6.07, 6.45) is 2.10. The zero-order chi connectivity index (χ0) is 10.7. The molecule has 0 radical (unpaired) electrons. The van der Waals surface area contributed by atoms with E-state index in [2.05, 4.69) is 34.6 Å². The topological polar surface area (TPSA) is 50.4 Å². The molecule has 0 heterocycles. The Bertz CT molecular complexity index is 346. The molecular weight excluding hydrogens is 186 g/mol. The molecule has 0 aromatic heterocycles. The lowest BCUT2D eigenvalue weighted by Crippen LogP contribution is -2.40. The maximum atomic E-state index is 5.74. The first-order valence-electron chi connectivity index (χ1n) is 5.43. The molecule has 0 unspecified atom stereocenters. The molecule has 0 saturated heterocycles. The van der Waals surface area contributed by atoms with Crippen LogP contribution in [-0.2, 0) is 12.8 Å². The molecule has 0 saturated carbocycles. The highest BCUT2D eigenvalue weighted by Crippen LogP contribution is 2.21. The van der Waals surface area contributed by atoms with Crippen LogP contribution in [0.3, 0.4) is 0 Å². The first-order chi connectivity index (χ1) is 7.29. The molecule has 3 heteroatoms. The fourth-order valence-corrected chi connectivity index (χ4v) is 2.09. The molecule has 0 amide bonds. The predicted octanol–water partition coefficient (Wildman–Crippen LogP) is 1.08. The van der Waals surface area contributed by atoms with Gasteiger partial charge in [-0.2, -0.15) is 0 Å². The van der Waals surface area contributed by atoms with Gasteiger partial charge in [0.15, 0.2) is 5.96 Å². The highest BCUT2D eigenvalue weighted by atomic mass is 15.1. The van der Waals surface area contributed by atoms with Crippen LogP contribution >= 0.6 is 0 Å². The third-order valence-corrected chi connectivity index (χ3v) is 2.73. The summed E-state index contributed by atoms with van der Waals surface area (Å²) < 4.78 is 0. The van der Waals surface area contributed by atoms with Crippen molar-refractivity contribution in [3.63, 3.8) is 0 Å². The molecule has 0 aliphatic heterocycles. The number of nitrogens with zero attached hydrogens (tertiary/aromatic N) is 1. The third kappa shape index (κ3) is 2.29. The molecule has 1 aliphatic carbocycles. The van der Waals surface area contributed by atoms with Crippen LogP contribution < -0.4 is 11.1 Å². The summed E-state index contributed by atoms with van der Waals surface area (Å²) in [5.41, 5.74) is 8.60. The van der Waals surface area contributed by atoms with E-state index >= 15 is 0 Å². The zero-order valence-electron chi connectivity index (χ0n) is 9.03. The van der Waals surface area contributed by atoms with Gasteiger partial charge in [-0.25, -0.2) is 0 Å². The van der Waals surface area contributed by atoms with E-state index in [9.17, 15) is 0 Å². The fourth-order valence-electron chi connectivity index (χ4n) is 2.09. The first kappa shape index (κ1) is 10.0. The summed E-state index contributed by atoms with van der Waals surface area (Å²) in [6, 6.07) is 8.96. The zero-order valence-corrected chi connectivity index (χ0v) is 9.03. The number of hydrogen-bond donors (Lipinski definition) is 2. The Morgan fingerprint density at radius 2 is 2.00 bits per heavy atom. The Balaban J connectivity index is 1.99. The second kappa shape index (κ2) is 4.34. The highest BCUT2D eigenvalue weighted by Gasteiger charge is 2.20. The van der Waals surface area contributed by atoms with Crippen molar-refractivity contribution in [2.45, 2.75) is 25.8 Å². The molecule has 80 valence electrons. The molecule has 1 aliphatic rings. The van der Waals surface area contributed by atoms with Gasteiger partial charge in [0.25, 0.3) is 0 Å². The Morgan fingerprint density at radius 1 is 1.40 bits per heavy atom. The van der Waals surface area contributed by atoms with E-state index in [1.54, 1.807) is 0 Å². The predicted molar refractivity (Wildman–Crippen MR) is 62.9 cm³/mol. The molecule has 0 spiro atoms. The van der Waals surface area contributed by atoms with E-state index < -0.39 is 0 Å². The molecule has 0 atom stereocenters. The van der Waals surface area contributed by atoms with Gasteiger partial charge in [-0.15, -0.1) is 0 Å². The van der Waals surface area contributed by atoms with Crippen molar-refractivity contribution in [1.82, 2.24) is 5.32 Å². The van der Waals surface area contributed by atoms with Gasteiger partial charge in [-0.1, -0.05) is 24.3 Å². The van der Waals surface area contributed by atoms with Gasteiger partial charge in [-0.05, 0) is 30.9 Å². The lowest BCUT2D eigenvalue weighted by Gasteiger charge is -2.11. The summed E-state index contributed by atoms with van der Waals surface area (Å²) in [6.45, 7) is 2.72. The molecule has 0 bridgehead atoms. The van der Waals surface area contributed by atoms with Crippen LogP contribution in [-0.4, -0.2) is 18.5 Å². The van der Waals surface area contributed by atoms with Gasteiger partial charge in [0.1, 0.15) is 0 Å². The number of benzene rings is 1. The molecule has 2 rings (SSSR count). The molecule has 1 aromatic carbocycles. The maximum Gasteiger partial charge on any atom is 0.188 e. The first-order valence-corrected chi connectivity index (χ1v) is 5.43. The lowest BCUT2D eigenvalue weighted by molar-refractivity contribution is 0.639. The summed E-state index contributed by atoms with van der Waals surface area (Å²) in [4.78, 5) is 4.13. The monoisotopic (exact) mass is 203 g/mol. The van der Waals surface area contributed by atoms with Gasteiger partial charge in [0.2, 0.25) is 0 Å². The SMILES string of the molecule is CCN=C(N)NC1Cc2ccccc2C1. The van der Waals surface area contributed by atoms with E-state index in [4.69, 9.17) is 5.73 Å². The molecule has 0 fully saturated rings.